The van der Waals surface area contributed by atoms with Crippen LogP contribution in [0.1, 0.15) is 15.9 Å². The molecule has 0 heterocycles. The van der Waals surface area contributed by atoms with Crippen LogP contribution < -0.4 is 5.32 Å². The van der Waals surface area contributed by atoms with Crippen LogP contribution in [-0.4, -0.2) is 35.6 Å². The van der Waals surface area contributed by atoms with E-state index in [1.807, 2.05) is 0 Å². The number of carbonyl (C=O) groups is 2. The number of carboxylic acids is 1. The summed E-state index contributed by atoms with van der Waals surface area (Å²) in [5.74, 6) is -1.94. The van der Waals surface area contributed by atoms with Gasteiger partial charge in [-0.3, -0.25) is 14.9 Å². The summed E-state index contributed by atoms with van der Waals surface area (Å²) in [6, 6.07) is 2.59. The Hall–Kier alpha value is -2.64. The van der Waals surface area contributed by atoms with E-state index in [1.165, 1.54) is 19.1 Å². The van der Waals surface area contributed by atoms with Crippen molar-refractivity contribution in [3.05, 3.63) is 33.4 Å². The van der Waals surface area contributed by atoms with Crippen molar-refractivity contribution in [1.29, 1.82) is 0 Å². The molecule has 0 atom stereocenters. The Bertz CT molecular complexity index is 540. The van der Waals surface area contributed by atoms with E-state index in [4.69, 9.17) is 5.11 Å². The quantitative estimate of drug-likeness (QED) is 0.467. The molecule has 1 aromatic carbocycles. The smallest absolute Gasteiger partial charge is 0.344 e. The lowest BCUT2D eigenvalue weighted by atomic mass is 10.1. The Morgan fingerprint density at radius 1 is 1.47 bits per heavy atom. The molecule has 1 rings (SSSR count). The van der Waals surface area contributed by atoms with Crippen LogP contribution in [0, 0.1) is 17.0 Å². The normalized spacial score (nSPS) is 9.79. The molecule has 0 amide bonds. The van der Waals surface area contributed by atoms with Gasteiger partial charge in [0.05, 0.1) is 12.0 Å². The Labute approximate surface area is 108 Å². The minimum atomic E-state index is -1.09. The second-order valence-corrected chi connectivity index (χ2v) is 3.69. The lowest BCUT2D eigenvalue weighted by Crippen LogP contribution is -2.14. The molecule has 0 bridgehead atoms. The Kier molecular flexibility index (Phi) is 4.41. The zero-order valence-corrected chi connectivity index (χ0v) is 10.3. The van der Waals surface area contributed by atoms with E-state index in [2.05, 4.69) is 10.1 Å². The van der Waals surface area contributed by atoms with Crippen LogP contribution in [0.2, 0.25) is 0 Å². The van der Waals surface area contributed by atoms with Crippen molar-refractivity contribution in [1.82, 2.24) is 0 Å². The van der Waals surface area contributed by atoms with E-state index in [0.29, 0.717) is 5.69 Å². The van der Waals surface area contributed by atoms with Crippen molar-refractivity contribution in [2.45, 2.75) is 6.92 Å². The molecule has 0 aliphatic rings. The standard InChI is InChI=1S/C11H12N2O6/c1-6-3-7(12-5-9(14)15)4-8(11(16)19-2)10(6)13(17)18/h3-4,12H,5H2,1-2H3,(H,14,15). The largest absolute Gasteiger partial charge is 0.480 e. The number of carboxylic acid groups (broad SMARTS) is 1. The number of nitro benzene ring substituents is 1. The molecule has 0 saturated heterocycles. The molecular formula is C11H12N2O6. The Morgan fingerprint density at radius 2 is 2.11 bits per heavy atom. The summed E-state index contributed by atoms with van der Waals surface area (Å²) in [6.45, 7) is 1.09. The molecule has 8 nitrogen and oxygen atoms in total. The minimum absolute atomic E-state index is 0.222. The number of hydrogen-bond acceptors (Lipinski definition) is 6. The minimum Gasteiger partial charge on any atom is -0.480 e. The number of benzene rings is 1. The summed E-state index contributed by atoms with van der Waals surface area (Å²) in [5.41, 5.74) is -0.0418. The maximum Gasteiger partial charge on any atom is 0.344 e. The first-order valence-corrected chi connectivity index (χ1v) is 5.19. The molecule has 0 saturated carbocycles. The van der Waals surface area contributed by atoms with E-state index in [0.717, 1.165) is 7.11 Å². The van der Waals surface area contributed by atoms with Crippen LogP contribution in [0.5, 0.6) is 0 Å². The molecule has 0 aliphatic heterocycles. The van der Waals surface area contributed by atoms with Crippen molar-refractivity contribution in [3.63, 3.8) is 0 Å². The number of hydrogen-bond donors (Lipinski definition) is 2. The molecule has 0 fully saturated rings. The van der Waals surface area contributed by atoms with Gasteiger partial charge in [-0.05, 0) is 19.1 Å². The van der Waals surface area contributed by atoms with Crippen LogP contribution in [0.3, 0.4) is 0 Å². The highest BCUT2D eigenvalue weighted by Gasteiger charge is 2.24. The van der Waals surface area contributed by atoms with Crippen molar-refractivity contribution in [2.75, 3.05) is 19.0 Å². The van der Waals surface area contributed by atoms with Gasteiger partial charge in [0, 0.05) is 11.3 Å². The van der Waals surface area contributed by atoms with Crippen molar-refractivity contribution in [2.24, 2.45) is 0 Å². The van der Waals surface area contributed by atoms with E-state index in [-0.39, 0.29) is 23.4 Å². The van der Waals surface area contributed by atoms with E-state index >= 15 is 0 Å². The maximum absolute atomic E-state index is 11.5. The average molecular weight is 268 g/mol. The zero-order chi connectivity index (χ0) is 14.6. The number of esters is 1. The number of anilines is 1. The predicted molar refractivity (Wildman–Crippen MR) is 65.3 cm³/mol. The summed E-state index contributed by atoms with van der Waals surface area (Å²) in [4.78, 5) is 32.2. The molecule has 19 heavy (non-hydrogen) atoms. The second kappa shape index (κ2) is 5.80. The molecule has 0 spiro atoms. The van der Waals surface area contributed by atoms with Gasteiger partial charge in [0.1, 0.15) is 12.1 Å². The number of rotatable bonds is 5. The van der Waals surface area contributed by atoms with Crippen LogP contribution in [0.25, 0.3) is 0 Å². The number of nitro groups is 1. The summed E-state index contributed by atoms with van der Waals surface area (Å²) >= 11 is 0. The summed E-state index contributed by atoms with van der Waals surface area (Å²) in [6.07, 6.45) is 0. The average Bonchev–Trinajstić information content (AvgIpc) is 2.33. The number of nitrogens with zero attached hydrogens (tertiary/aromatic N) is 1. The summed E-state index contributed by atoms with van der Waals surface area (Å²) in [5, 5.41) is 22.0. The lowest BCUT2D eigenvalue weighted by molar-refractivity contribution is -0.385. The molecule has 2 N–H and O–H groups in total. The topological polar surface area (TPSA) is 119 Å². The van der Waals surface area contributed by atoms with Crippen molar-refractivity contribution < 1.29 is 24.4 Å². The molecule has 102 valence electrons. The van der Waals surface area contributed by atoms with E-state index < -0.39 is 16.9 Å². The molecule has 0 aliphatic carbocycles. The van der Waals surface area contributed by atoms with Gasteiger partial charge in [0.15, 0.2) is 0 Å². The van der Waals surface area contributed by atoms with E-state index in [9.17, 15) is 19.7 Å². The fraction of sp³-hybridized carbons (Fsp3) is 0.273. The second-order valence-electron chi connectivity index (χ2n) is 3.69. The first-order valence-electron chi connectivity index (χ1n) is 5.19. The van der Waals surface area contributed by atoms with Crippen molar-refractivity contribution >= 4 is 23.3 Å². The summed E-state index contributed by atoms with van der Waals surface area (Å²) in [7, 11) is 1.11. The number of carbonyl (C=O) groups excluding carboxylic acids is 1. The SMILES string of the molecule is COC(=O)c1cc(NCC(=O)O)cc(C)c1[N+](=O)[O-]. The van der Waals surface area contributed by atoms with Crippen LogP contribution in [0.15, 0.2) is 12.1 Å². The number of aliphatic carboxylic acids is 1. The third-order valence-corrected chi connectivity index (χ3v) is 2.33. The van der Waals surface area contributed by atoms with Gasteiger partial charge in [0.25, 0.3) is 5.69 Å². The van der Waals surface area contributed by atoms with Gasteiger partial charge in [-0.2, -0.15) is 0 Å². The van der Waals surface area contributed by atoms with Gasteiger partial charge in [-0.1, -0.05) is 0 Å². The van der Waals surface area contributed by atoms with Crippen LogP contribution in [0.4, 0.5) is 11.4 Å². The molecule has 0 aromatic heterocycles. The maximum atomic E-state index is 11.5. The lowest BCUT2D eigenvalue weighted by Gasteiger charge is -2.09. The van der Waals surface area contributed by atoms with E-state index in [1.54, 1.807) is 0 Å². The van der Waals surface area contributed by atoms with Crippen LogP contribution >= 0.6 is 0 Å². The van der Waals surface area contributed by atoms with Crippen molar-refractivity contribution in [3.8, 4) is 0 Å². The highest BCUT2D eigenvalue weighted by atomic mass is 16.6. The van der Waals surface area contributed by atoms with Crippen LogP contribution in [-0.2, 0) is 9.53 Å². The molecule has 1 aromatic rings. The fourth-order valence-corrected chi connectivity index (χ4v) is 1.57. The fourth-order valence-electron chi connectivity index (χ4n) is 1.57. The number of aryl methyl sites for hydroxylation is 1. The third-order valence-electron chi connectivity index (χ3n) is 2.33. The van der Waals surface area contributed by atoms with Gasteiger partial charge in [0.2, 0.25) is 0 Å². The predicted octanol–water partition coefficient (Wildman–Crippen LogP) is 1.19. The highest BCUT2D eigenvalue weighted by Crippen LogP contribution is 2.28. The molecular weight excluding hydrogens is 256 g/mol. The highest BCUT2D eigenvalue weighted by molar-refractivity contribution is 5.96. The molecule has 8 heteroatoms. The monoisotopic (exact) mass is 268 g/mol. The first kappa shape index (κ1) is 14.4. The number of methoxy groups -OCH3 is 1. The van der Waals surface area contributed by atoms with Gasteiger partial charge < -0.3 is 15.2 Å². The van der Waals surface area contributed by atoms with Gasteiger partial charge in [-0.15, -0.1) is 0 Å². The van der Waals surface area contributed by atoms with Gasteiger partial charge >= 0.3 is 11.9 Å². The molecule has 0 unspecified atom stereocenters. The summed E-state index contributed by atoms with van der Waals surface area (Å²) < 4.78 is 4.48. The first-order chi connectivity index (χ1) is 8.86. The number of nitrogens with one attached hydrogen (secondary N) is 1. The zero-order valence-electron chi connectivity index (χ0n) is 10.3. The Morgan fingerprint density at radius 3 is 2.58 bits per heavy atom. The third kappa shape index (κ3) is 3.41. The Balaban J connectivity index is 3.26. The number of ether oxygens (including phenoxy) is 1. The molecule has 0 radical (unpaired) electrons. The van der Waals surface area contributed by atoms with Gasteiger partial charge in [-0.25, -0.2) is 4.79 Å².